The maximum Gasteiger partial charge on any atom is 0.387 e. The Kier molecular flexibility index (Phi) is 6.58. The summed E-state index contributed by atoms with van der Waals surface area (Å²) < 4.78 is 28.3. The number of ether oxygens (including phenoxy) is 1. The van der Waals surface area contributed by atoms with E-state index in [2.05, 4.69) is 15.4 Å². The summed E-state index contributed by atoms with van der Waals surface area (Å²) in [4.78, 5) is 11.8. The SMILES string of the molecule is O=C(CCc1ccc(OC(F)F)cc1)NCC1CCCNC1. The molecule has 1 aromatic rings. The van der Waals surface area contributed by atoms with Gasteiger partial charge in [0.05, 0.1) is 0 Å². The molecule has 0 saturated carbocycles. The summed E-state index contributed by atoms with van der Waals surface area (Å²) >= 11 is 0. The number of carbonyl (C=O) groups is 1. The van der Waals surface area contributed by atoms with E-state index >= 15 is 0 Å². The normalized spacial score (nSPS) is 18.2. The molecule has 1 aromatic carbocycles. The third kappa shape index (κ3) is 5.97. The standard InChI is InChI=1S/C16H22F2N2O2/c17-16(18)22-14-6-3-12(4-7-14)5-8-15(21)20-11-13-2-1-9-19-10-13/h3-4,6-7,13,16,19H,1-2,5,8-11H2,(H,20,21). The van der Waals surface area contributed by atoms with Gasteiger partial charge in [-0.3, -0.25) is 4.79 Å². The number of benzene rings is 1. The Bertz CT molecular complexity index is 460. The van der Waals surface area contributed by atoms with Gasteiger partial charge in [0, 0.05) is 13.0 Å². The number of aryl methyl sites for hydroxylation is 1. The van der Waals surface area contributed by atoms with E-state index in [1.54, 1.807) is 12.1 Å². The van der Waals surface area contributed by atoms with E-state index in [1.165, 1.54) is 12.1 Å². The van der Waals surface area contributed by atoms with Crippen LogP contribution in [0, 0.1) is 5.92 Å². The molecule has 1 unspecified atom stereocenters. The van der Waals surface area contributed by atoms with Crippen LogP contribution in [0.15, 0.2) is 24.3 Å². The number of nitrogens with one attached hydrogen (secondary N) is 2. The molecule has 0 aromatic heterocycles. The van der Waals surface area contributed by atoms with Crippen LogP contribution in [0.1, 0.15) is 24.8 Å². The zero-order chi connectivity index (χ0) is 15.8. The van der Waals surface area contributed by atoms with Crippen LogP contribution in [0.3, 0.4) is 0 Å². The van der Waals surface area contributed by atoms with E-state index in [4.69, 9.17) is 0 Å². The average Bonchev–Trinajstić information content (AvgIpc) is 2.53. The molecule has 1 fully saturated rings. The number of amides is 1. The van der Waals surface area contributed by atoms with E-state index in [0.717, 1.165) is 31.5 Å². The minimum absolute atomic E-state index is 0.0264. The first-order valence-electron chi connectivity index (χ1n) is 7.64. The first-order chi connectivity index (χ1) is 10.6. The van der Waals surface area contributed by atoms with E-state index in [-0.39, 0.29) is 11.7 Å². The second-order valence-corrected chi connectivity index (χ2v) is 5.54. The van der Waals surface area contributed by atoms with E-state index in [9.17, 15) is 13.6 Å². The number of carbonyl (C=O) groups excluding carboxylic acids is 1. The van der Waals surface area contributed by atoms with Crippen LogP contribution in [0.25, 0.3) is 0 Å². The molecule has 4 nitrogen and oxygen atoms in total. The van der Waals surface area contributed by atoms with Crippen molar-refractivity contribution in [1.29, 1.82) is 0 Å². The molecule has 1 aliphatic heterocycles. The van der Waals surface area contributed by atoms with Gasteiger partial charge in [-0.05, 0) is 56.0 Å². The van der Waals surface area contributed by atoms with Crippen molar-refractivity contribution in [3.05, 3.63) is 29.8 Å². The van der Waals surface area contributed by atoms with Gasteiger partial charge in [0.1, 0.15) is 5.75 Å². The second-order valence-electron chi connectivity index (χ2n) is 5.54. The highest BCUT2D eigenvalue weighted by molar-refractivity contribution is 5.76. The molecule has 2 rings (SSSR count). The Balaban J connectivity index is 1.67. The van der Waals surface area contributed by atoms with Gasteiger partial charge < -0.3 is 15.4 Å². The Labute approximate surface area is 129 Å². The monoisotopic (exact) mass is 312 g/mol. The zero-order valence-corrected chi connectivity index (χ0v) is 12.5. The van der Waals surface area contributed by atoms with Crippen molar-refractivity contribution in [2.24, 2.45) is 5.92 Å². The molecule has 2 N–H and O–H groups in total. The van der Waals surface area contributed by atoms with Gasteiger partial charge in [-0.2, -0.15) is 8.78 Å². The fraction of sp³-hybridized carbons (Fsp3) is 0.562. The lowest BCUT2D eigenvalue weighted by atomic mass is 10.00. The predicted octanol–water partition coefficient (Wildman–Crippen LogP) is 2.34. The van der Waals surface area contributed by atoms with Crippen LogP contribution < -0.4 is 15.4 Å². The molecular formula is C16H22F2N2O2. The van der Waals surface area contributed by atoms with Crippen LogP contribution in [0.4, 0.5) is 8.78 Å². The van der Waals surface area contributed by atoms with E-state index in [0.29, 0.717) is 25.3 Å². The molecule has 122 valence electrons. The Morgan fingerprint density at radius 2 is 2.14 bits per heavy atom. The summed E-state index contributed by atoms with van der Waals surface area (Å²) in [7, 11) is 0. The molecule has 1 atom stereocenters. The first-order valence-corrected chi connectivity index (χ1v) is 7.64. The maximum absolute atomic E-state index is 12.0. The van der Waals surface area contributed by atoms with Gasteiger partial charge >= 0.3 is 6.61 Å². The van der Waals surface area contributed by atoms with Gasteiger partial charge in [-0.1, -0.05) is 12.1 Å². The number of hydrogen-bond acceptors (Lipinski definition) is 3. The van der Waals surface area contributed by atoms with Gasteiger partial charge in [-0.25, -0.2) is 0 Å². The van der Waals surface area contributed by atoms with Gasteiger partial charge in [0.15, 0.2) is 0 Å². The average molecular weight is 312 g/mol. The molecule has 1 saturated heterocycles. The second kappa shape index (κ2) is 8.68. The van der Waals surface area contributed by atoms with Crippen molar-refractivity contribution in [3.63, 3.8) is 0 Å². The van der Waals surface area contributed by atoms with Crippen molar-refractivity contribution in [1.82, 2.24) is 10.6 Å². The topological polar surface area (TPSA) is 50.4 Å². The molecule has 6 heteroatoms. The minimum atomic E-state index is -2.81. The van der Waals surface area contributed by atoms with Crippen molar-refractivity contribution < 1.29 is 18.3 Å². The molecule has 1 aliphatic rings. The lowest BCUT2D eigenvalue weighted by molar-refractivity contribution is -0.121. The van der Waals surface area contributed by atoms with Gasteiger partial charge in [0.25, 0.3) is 0 Å². The number of halogens is 2. The third-order valence-corrected chi connectivity index (χ3v) is 3.78. The maximum atomic E-state index is 12.0. The minimum Gasteiger partial charge on any atom is -0.435 e. The molecule has 0 bridgehead atoms. The highest BCUT2D eigenvalue weighted by Gasteiger charge is 2.13. The van der Waals surface area contributed by atoms with Crippen LogP contribution in [-0.2, 0) is 11.2 Å². The Morgan fingerprint density at radius 3 is 2.77 bits per heavy atom. The third-order valence-electron chi connectivity index (χ3n) is 3.78. The van der Waals surface area contributed by atoms with Crippen molar-refractivity contribution in [2.75, 3.05) is 19.6 Å². The van der Waals surface area contributed by atoms with Crippen molar-refractivity contribution >= 4 is 5.91 Å². The lowest BCUT2D eigenvalue weighted by Gasteiger charge is -2.22. The fourth-order valence-corrected chi connectivity index (χ4v) is 2.54. The summed E-state index contributed by atoms with van der Waals surface area (Å²) in [6.45, 7) is -0.0693. The van der Waals surface area contributed by atoms with Crippen LogP contribution in [-0.4, -0.2) is 32.2 Å². The number of hydrogen-bond donors (Lipinski definition) is 2. The quantitative estimate of drug-likeness (QED) is 0.812. The highest BCUT2D eigenvalue weighted by Crippen LogP contribution is 2.15. The van der Waals surface area contributed by atoms with Gasteiger partial charge in [0.2, 0.25) is 5.91 Å². The molecule has 0 aliphatic carbocycles. The summed E-state index contributed by atoms with van der Waals surface area (Å²) in [6, 6.07) is 6.40. The van der Waals surface area contributed by atoms with Crippen molar-refractivity contribution in [3.8, 4) is 5.75 Å². The summed E-state index contributed by atoms with van der Waals surface area (Å²) in [5.74, 6) is 0.676. The number of alkyl halides is 2. The Hall–Kier alpha value is -1.69. The first kappa shape index (κ1) is 16.7. The summed E-state index contributed by atoms with van der Waals surface area (Å²) in [5, 5.41) is 6.28. The predicted molar refractivity (Wildman–Crippen MR) is 80.0 cm³/mol. The highest BCUT2D eigenvalue weighted by atomic mass is 19.3. The molecule has 0 spiro atoms. The number of rotatable bonds is 7. The van der Waals surface area contributed by atoms with E-state index in [1.807, 2.05) is 0 Å². The van der Waals surface area contributed by atoms with Gasteiger partial charge in [-0.15, -0.1) is 0 Å². The van der Waals surface area contributed by atoms with Crippen LogP contribution in [0.5, 0.6) is 5.75 Å². The van der Waals surface area contributed by atoms with E-state index < -0.39 is 6.61 Å². The number of piperidine rings is 1. The van der Waals surface area contributed by atoms with Crippen LogP contribution >= 0.6 is 0 Å². The fourth-order valence-electron chi connectivity index (χ4n) is 2.54. The summed E-state index contributed by atoms with van der Waals surface area (Å²) in [5.41, 5.74) is 0.927. The van der Waals surface area contributed by atoms with Crippen molar-refractivity contribution in [2.45, 2.75) is 32.3 Å². The summed E-state index contributed by atoms with van der Waals surface area (Å²) in [6.07, 6.45) is 3.30. The smallest absolute Gasteiger partial charge is 0.387 e. The lowest BCUT2D eigenvalue weighted by Crippen LogP contribution is -2.38. The van der Waals surface area contributed by atoms with Crippen LogP contribution in [0.2, 0.25) is 0 Å². The molecular weight excluding hydrogens is 290 g/mol. The largest absolute Gasteiger partial charge is 0.435 e. The molecule has 1 heterocycles. The molecule has 22 heavy (non-hydrogen) atoms. The Morgan fingerprint density at radius 1 is 1.36 bits per heavy atom. The zero-order valence-electron chi connectivity index (χ0n) is 12.5. The molecule has 1 amide bonds. The molecule has 0 radical (unpaired) electrons.